The summed E-state index contributed by atoms with van der Waals surface area (Å²) in [4.78, 5) is 0. The van der Waals surface area contributed by atoms with E-state index in [1.54, 1.807) is 42.8 Å². The fourth-order valence-corrected chi connectivity index (χ4v) is 1.45. The van der Waals surface area contributed by atoms with Crippen molar-refractivity contribution in [1.29, 1.82) is 0 Å². The normalized spacial score (nSPS) is 11.6. The van der Waals surface area contributed by atoms with E-state index in [1.807, 2.05) is 0 Å². The van der Waals surface area contributed by atoms with Crippen LogP contribution in [0.3, 0.4) is 0 Å². The molecule has 0 aliphatic carbocycles. The fraction of sp³-hybridized carbons (Fsp3) is 0. The molecule has 0 bridgehead atoms. The molecular weight excluding hydrogens is 259 g/mol. The highest BCUT2D eigenvalue weighted by Gasteiger charge is 1.96. The third-order valence-corrected chi connectivity index (χ3v) is 2.68. The van der Waals surface area contributed by atoms with Crippen LogP contribution in [0.2, 0.25) is 10.0 Å². The monoisotopic (exact) mass is 266 g/mol. The molecule has 0 saturated carbocycles. The van der Waals surface area contributed by atoms with Crippen LogP contribution in [0.4, 0.5) is 0 Å². The van der Waals surface area contributed by atoms with Crippen LogP contribution in [0.1, 0.15) is 11.3 Å². The summed E-state index contributed by atoms with van der Waals surface area (Å²) < 4.78 is 5.06. The second-order valence-corrected chi connectivity index (χ2v) is 3.99. The number of halogens is 2. The largest absolute Gasteiger partial charge is 0.463 e. The van der Waals surface area contributed by atoms with Crippen molar-refractivity contribution in [3.8, 4) is 0 Å². The van der Waals surface area contributed by atoms with Gasteiger partial charge in [0.15, 0.2) is 0 Å². The van der Waals surface area contributed by atoms with Crippen molar-refractivity contribution < 1.29 is 4.42 Å². The van der Waals surface area contributed by atoms with E-state index < -0.39 is 0 Å². The molecule has 0 spiro atoms. The molecule has 0 atom stereocenters. The molecule has 3 nitrogen and oxygen atoms in total. The predicted octanol–water partition coefficient (Wildman–Crippen LogP) is 4.04. The Morgan fingerprint density at radius 1 is 1.00 bits per heavy atom. The molecule has 0 aliphatic rings. The van der Waals surface area contributed by atoms with Crippen molar-refractivity contribution in [3.05, 3.63) is 58.0 Å². The van der Waals surface area contributed by atoms with Crippen LogP contribution in [-0.4, -0.2) is 12.4 Å². The number of rotatable bonds is 3. The SMILES string of the molecule is Clc1ccc(/C=N\N=C\c2ccco2)cc1Cl. The molecule has 0 amide bonds. The van der Waals surface area contributed by atoms with Crippen LogP contribution < -0.4 is 0 Å². The number of furan rings is 1. The van der Waals surface area contributed by atoms with Gasteiger partial charge in [-0.15, -0.1) is 0 Å². The molecule has 0 fully saturated rings. The molecule has 0 unspecified atom stereocenters. The first kappa shape index (κ1) is 11.9. The number of hydrogen-bond acceptors (Lipinski definition) is 3. The van der Waals surface area contributed by atoms with Crippen LogP contribution in [-0.2, 0) is 0 Å². The van der Waals surface area contributed by atoms with E-state index in [1.165, 1.54) is 6.21 Å². The fourth-order valence-electron chi connectivity index (χ4n) is 1.15. The molecule has 1 aromatic heterocycles. The number of benzene rings is 1. The van der Waals surface area contributed by atoms with Crippen molar-refractivity contribution in [3.63, 3.8) is 0 Å². The minimum absolute atomic E-state index is 0.491. The summed E-state index contributed by atoms with van der Waals surface area (Å²) in [5.41, 5.74) is 0.830. The van der Waals surface area contributed by atoms with Gasteiger partial charge in [-0.25, -0.2) is 0 Å². The molecule has 0 radical (unpaired) electrons. The van der Waals surface area contributed by atoms with Crippen molar-refractivity contribution in [2.75, 3.05) is 0 Å². The van der Waals surface area contributed by atoms with Crippen LogP contribution in [0.15, 0.2) is 51.2 Å². The van der Waals surface area contributed by atoms with Gasteiger partial charge >= 0.3 is 0 Å². The molecule has 5 heteroatoms. The van der Waals surface area contributed by atoms with Gasteiger partial charge in [-0.3, -0.25) is 0 Å². The van der Waals surface area contributed by atoms with Gasteiger partial charge in [0, 0.05) is 0 Å². The van der Waals surface area contributed by atoms with E-state index in [2.05, 4.69) is 10.2 Å². The first-order chi connectivity index (χ1) is 8.25. The Hall–Kier alpha value is -1.58. The van der Waals surface area contributed by atoms with Crippen molar-refractivity contribution in [2.45, 2.75) is 0 Å². The van der Waals surface area contributed by atoms with Gasteiger partial charge < -0.3 is 4.42 Å². The van der Waals surface area contributed by atoms with Crippen molar-refractivity contribution in [2.24, 2.45) is 10.2 Å². The van der Waals surface area contributed by atoms with Gasteiger partial charge in [-0.05, 0) is 29.8 Å². The second-order valence-electron chi connectivity index (χ2n) is 3.18. The summed E-state index contributed by atoms with van der Waals surface area (Å²) in [6.07, 6.45) is 4.68. The standard InChI is InChI=1S/C12H8Cl2N2O/c13-11-4-3-9(6-12(11)14)7-15-16-8-10-2-1-5-17-10/h1-8H/b15-7-,16-8+. The maximum Gasteiger partial charge on any atom is 0.146 e. The first-order valence-corrected chi connectivity index (χ1v) is 5.56. The number of hydrogen-bond donors (Lipinski definition) is 0. The average Bonchev–Trinajstić information content (AvgIpc) is 2.82. The van der Waals surface area contributed by atoms with E-state index in [-0.39, 0.29) is 0 Å². The Kier molecular flexibility index (Phi) is 3.96. The molecule has 0 aliphatic heterocycles. The molecule has 1 aromatic carbocycles. The first-order valence-electron chi connectivity index (χ1n) is 4.80. The maximum atomic E-state index is 5.86. The summed E-state index contributed by atoms with van der Waals surface area (Å²) in [7, 11) is 0. The lowest BCUT2D eigenvalue weighted by molar-refractivity contribution is 0.560. The zero-order chi connectivity index (χ0) is 12.1. The van der Waals surface area contributed by atoms with Gasteiger partial charge in [-0.1, -0.05) is 29.3 Å². The predicted molar refractivity (Wildman–Crippen MR) is 70.4 cm³/mol. The third kappa shape index (κ3) is 3.44. The van der Waals surface area contributed by atoms with Crippen LogP contribution >= 0.6 is 23.2 Å². The summed E-state index contributed by atoms with van der Waals surface area (Å²) in [5.74, 6) is 0.649. The Morgan fingerprint density at radius 2 is 1.82 bits per heavy atom. The van der Waals surface area contributed by atoms with Gasteiger partial charge in [-0.2, -0.15) is 10.2 Å². The number of nitrogens with zero attached hydrogens (tertiary/aromatic N) is 2. The second kappa shape index (κ2) is 5.66. The minimum atomic E-state index is 0.491. The highest BCUT2D eigenvalue weighted by Crippen LogP contribution is 2.21. The third-order valence-electron chi connectivity index (χ3n) is 1.95. The van der Waals surface area contributed by atoms with E-state index in [9.17, 15) is 0 Å². The average molecular weight is 267 g/mol. The maximum absolute atomic E-state index is 5.86. The van der Waals surface area contributed by atoms with E-state index in [0.717, 1.165) is 5.56 Å². The van der Waals surface area contributed by atoms with E-state index in [4.69, 9.17) is 27.6 Å². The molecule has 17 heavy (non-hydrogen) atoms. The topological polar surface area (TPSA) is 37.9 Å². The Labute approximate surface area is 108 Å². The van der Waals surface area contributed by atoms with E-state index in [0.29, 0.717) is 15.8 Å². The Bertz CT molecular complexity index is 548. The molecule has 0 N–H and O–H groups in total. The molecular formula is C12H8Cl2N2O. The molecule has 1 heterocycles. The van der Waals surface area contributed by atoms with Crippen LogP contribution in [0, 0.1) is 0 Å². The highest BCUT2D eigenvalue weighted by atomic mass is 35.5. The molecule has 2 rings (SSSR count). The van der Waals surface area contributed by atoms with Gasteiger partial charge in [0.1, 0.15) is 5.76 Å². The summed E-state index contributed by atoms with van der Waals surface area (Å²) in [5, 5.41) is 8.71. The van der Waals surface area contributed by atoms with Crippen LogP contribution in [0.25, 0.3) is 0 Å². The minimum Gasteiger partial charge on any atom is -0.463 e. The lowest BCUT2D eigenvalue weighted by Gasteiger charge is -1.95. The summed E-state index contributed by atoms with van der Waals surface area (Å²) in [6, 6.07) is 8.81. The highest BCUT2D eigenvalue weighted by molar-refractivity contribution is 6.42. The van der Waals surface area contributed by atoms with Crippen molar-refractivity contribution in [1.82, 2.24) is 0 Å². The van der Waals surface area contributed by atoms with Crippen molar-refractivity contribution >= 4 is 35.6 Å². The van der Waals surface area contributed by atoms with Gasteiger partial charge in [0.05, 0.1) is 28.7 Å². The molecule has 2 aromatic rings. The van der Waals surface area contributed by atoms with E-state index >= 15 is 0 Å². The zero-order valence-electron chi connectivity index (χ0n) is 8.68. The van der Waals surface area contributed by atoms with Gasteiger partial charge in [0.25, 0.3) is 0 Å². The quantitative estimate of drug-likeness (QED) is 0.610. The molecule has 86 valence electrons. The zero-order valence-corrected chi connectivity index (χ0v) is 10.2. The lowest BCUT2D eigenvalue weighted by atomic mass is 10.2. The Morgan fingerprint density at radius 3 is 2.53 bits per heavy atom. The van der Waals surface area contributed by atoms with Crippen LogP contribution in [0.5, 0.6) is 0 Å². The van der Waals surface area contributed by atoms with Gasteiger partial charge in [0.2, 0.25) is 0 Å². The Balaban J connectivity index is 2.03. The lowest BCUT2D eigenvalue weighted by Crippen LogP contribution is -1.80. The molecule has 0 saturated heterocycles. The summed E-state index contributed by atoms with van der Waals surface area (Å²) >= 11 is 11.7. The smallest absolute Gasteiger partial charge is 0.146 e. The summed E-state index contributed by atoms with van der Waals surface area (Å²) in [6.45, 7) is 0.